The molecule has 2 aliphatic rings. The van der Waals surface area contributed by atoms with Crippen molar-refractivity contribution in [3.8, 4) is 5.75 Å². The van der Waals surface area contributed by atoms with Gasteiger partial charge in [0.1, 0.15) is 6.61 Å². The van der Waals surface area contributed by atoms with E-state index < -0.39 is 0 Å². The van der Waals surface area contributed by atoms with Crippen LogP contribution in [0.3, 0.4) is 0 Å². The van der Waals surface area contributed by atoms with Crippen molar-refractivity contribution in [1.82, 2.24) is 9.78 Å². The Kier molecular flexibility index (Phi) is 3.52. The first-order valence-corrected chi connectivity index (χ1v) is 7.52. The van der Waals surface area contributed by atoms with E-state index in [0.717, 1.165) is 12.2 Å². The SMILES string of the molecule is CC(C)n1cc(OCC2CCC3(CCCC3)O2)cn1. The molecule has 2 heterocycles. The van der Waals surface area contributed by atoms with Gasteiger partial charge in [-0.3, -0.25) is 4.68 Å². The largest absolute Gasteiger partial charge is 0.488 e. The Labute approximate surface area is 115 Å². The van der Waals surface area contributed by atoms with Crippen molar-refractivity contribution in [2.45, 2.75) is 70.1 Å². The number of nitrogens with zero attached hydrogens (tertiary/aromatic N) is 2. The Balaban J connectivity index is 1.50. The maximum absolute atomic E-state index is 6.23. The van der Waals surface area contributed by atoms with Gasteiger partial charge in [-0.25, -0.2) is 0 Å². The summed E-state index contributed by atoms with van der Waals surface area (Å²) in [6, 6.07) is 0.377. The highest BCUT2D eigenvalue weighted by Gasteiger charge is 2.42. The number of aromatic nitrogens is 2. The van der Waals surface area contributed by atoms with Crippen molar-refractivity contribution < 1.29 is 9.47 Å². The molecule has 3 rings (SSSR count). The van der Waals surface area contributed by atoms with Gasteiger partial charge >= 0.3 is 0 Å². The molecule has 1 aromatic rings. The van der Waals surface area contributed by atoms with Crippen molar-refractivity contribution >= 4 is 0 Å². The van der Waals surface area contributed by atoms with Gasteiger partial charge in [-0.1, -0.05) is 12.8 Å². The summed E-state index contributed by atoms with van der Waals surface area (Å²) in [5.41, 5.74) is 0.205. The van der Waals surface area contributed by atoms with E-state index in [-0.39, 0.29) is 11.7 Å². The minimum Gasteiger partial charge on any atom is -0.488 e. The second kappa shape index (κ2) is 5.16. The van der Waals surface area contributed by atoms with E-state index in [4.69, 9.17) is 9.47 Å². The van der Waals surface area contributed by atoms with Crippen molar-refractivity contribution in [3.63, 3.8) is 0 Å². The van der Waals surface area contributed by atoms with Crippen molar-refractivity contribution in [2.24, 2.45) is 0 Å². The molecule has 1 spiro atoms. The van der Waals surface area contributed by atoms with Crippen LogP contribution in [-0.2, 0) is 4.74 Å². The third-order valence-electron chi connectivity index (χ3n) is 4.40. The lowest BCUT2D eigenvalue weighted by Crippen LogP contribution is -2.27. The van der Waals surface area contributed by atoms with Crippen LogP contribution in [-0.4, -0.2) is 28.1 Å². The van der Waals surface area contributed by atoms with Gasteiger partial charge in [0.15, 0.2) is 5.75 Å². The zero-order valence-electron chi connectivity index (χ0n) is 12.0. The van der Waals surface area contributed by atoms with Crippen LogP contribution < -0.4 is 4.74 Å². The lowest BCUT2D eigenvalue weighted by Gasteiger charge is -2.23. The highest BCUT2D eigenvalue weighted by Crippen LogP contribution is 2.43. The summed E-state index contributed by atoms with van der Waals surface area (Å²) in [5, 5.41) is 4.28. The Hall–Kier alpha value is -1.03. The predicted octanol–water partition coefficient (Wildman–Crippen LogP) is 3.33. The van der Waals surface area contributed by atoms with E-state index in [1.807, 2.05) is 10.9 Å². The number of rotatable bonds is 4. The van der Waals surface area contributed by atoms with Crippen LogP contribution >= 0.6 is 0 Å². The van der Waals surface area contributed by atoms with E-state index in [0.29, 0.717) is 12.6 Å². The summed E-state index contributed by atoms with van der Waals surface area (Å²) in [7, 11) is 0. The molecule has 0 radical (unpaired) electrons. The van der Waals surface area contributed by atoms with Crippen LogP contribution in [0.1, 0.15) is 58.4 Å². The molecule has 1 unspecified atom stereocenters. The fourth-order valence-corrected chi connectivity index (χ4v) is 3.27. The van der Waals surface area contributed by atoms with Gasteiger partial charge in [-0.15, -0.1) is 0 Å². The van der Waals surface area contributed by atoms with Gasteiger partial charge in [-0.2, -0.15) is 5.10 Å². The standard InChI is InChI=1S/C15H24N2O2/c1-12(2)17-10-14(9-16-17)18-11-13-5-8-15(19-13)6-3-4-7-15/h9-10,12-13H,3-8,11H2,1-2H3. The van der Waals surface area contributed by atoms with Gasteiger partial charge < -0.3 is 9.47 Å². The van der Waals surface area contributed by atoms with Crippen LogP contribution in [0.15, 0.2) is 12.4 Å². The molecule has 1 saturated carbocycles. The molecule has 0 aromatic carbocycles. The summed E-state index contributed by atoms with van der Waals surface area (Å²) in [6.45, 7) is 4.88. The van der Waals surface area contributed by atoms with Crippen LogP contribution in [0.2, 0.25) is 0 Å². The van der Waals surface area contributed by atoms with Gasteiger partial charge in [0.2, 0.25) is 0 Å². The van der Waals surface area contributed by atoms with E-state index in [1.54, 1.807) is 6.20 Å². The molecular formula is C15H24N2O2. The zero-order valence-corrected chi connectivity index (χ0v) is 12.0. The molecule has 1 saturated heterocycles. The van der Waals surface area contributed by atoms with E-state index in [9.17, 15) is 0 Å². The molecule has 1 atom stereocenters. The second-order valence-electron chi connectivity index (χ2n) is 6.23. The fourth-order valence-electron chi connectivity index (χ4n) is 3.27. The first kappa shape index (κ1) is 13.0. The smallest absolute Gasteiger partial charge is 0.157 e. The van der Waals surface area contributed by atoms with Crippen LogP contribution in [0.25, 0.3) is 0 Å². The third kappa shape index (κ3) is 2.78. The van der Waals surface area contributed by atoms with Crippen molar-refractivity contribution in [3.05, 3.63) is 12.4 Å². The maximum atomic E-state index is 6.23. The zero-order chi connectivity index (χ0) is 13.3. The molecule has 2 fully saturated rings. The average molecular weight is 264 g/mol. The highest BCUT2D eigenvalue weighted by molar-refractivity contribution is 5.12. The first-order valence-electron chi connectivity index (χ1n) is 7.52. The normalized spacial score (nSPS) is 25.5. The Bertz CT molecular complexity index is 422. The number of hydrogen-bond acceptors (Lipinski definition) is 3. The van der Waals surface area contributed by atoms with Crippen molar-refractivity contribution in [2.75, 3.05) is 6.61 Å². The van der Waals surface area contributed by atoms with Crippen LogP contribution in [0, 0.1) is 0 Å². The summed E-state index contributed by atoms with van der Waals surface area (Å²) in [4.78, 5) is 0. The molecule has 4 heteroatoms. The monoisotopic (exact) mass is 264 g/mol. The fraction of sp³-hybridized carbons (Fsp3) is 0.800. The number of ether oxygens (including phenoxy) is 2. The Morgan fingerprint density at radius 3 is 2.89 bits per heavy atom. The molecule has 1 aromatic heterocycles. The Morgan fingerprint density at radius 1 is 1.42 bits per heavy atom. The molecule has 0 bridgehead atoms. The predicted molar refractivity (Wildman–Crippen MR) is 73.4 cm³/mol. The Morgan fingerprint density at radius 2 is 2.21 bits per heavy atom. The highest BCUT2D eigenvalue weighted by atomic mass is 16.6. The van der Waals surface area contributed by atoms with Gasteiger partial charge in [0, 0.05) is 6.04 Å². The second-order valence-corrected chi connectivity index (χ2v) is 6.23. The van der Waals surface area contributed by atoms with Crippen LogP contribution in [0.5, 0.6) is 5.75 Å². The minimum absolute atomic E-state index is 0.205. The topological polar surface area (TPSA) is 36.3 Å². The quantitative estimate of drug-likeness (QED) is 0.837. The molecule has 19 heavy (non-hydrogen) atoms. The lowest BCUT2D eigenvalue weighted by atomic mass is 9.98. The van der Waals surface area contributed by atoms with Gasteiger partial charge in [0.05, 0.1) is 24.1 Å². The van der Waals surface area contributed by atoms with Gasteiger partial charge in [-0.05, 0) is 39.5 Å². The maximum Gasteiger partial charge on any atom is 0.157 e. The average Bonchev–Trinajstić information content (AvgIpc) is 3.10. The number of hydrogen-bond donors (Lipinski definition) is 0. The minimum atomic E-state index is 0.205. The lowest BCUT2D eigenvalue weighted by molar-refractivity contribution is -0.0508. The van der Waals surface area contributed by atoms with Crippen molar-refractivity contribution in [1.29, 1.82) is 0 Å². The van der Waals surface area contributed by atoms with E-state index in [2.05, 4.69) is 18.9 Å². The first-order chi connectivity index (χ1) is 9.17. The molecule has 1 aliphatic heterocycles. The summed E-state index contributed by atoms with van der Waals surface area (Å²) >= 11 is 0. The van der Waals surface area contributed by atoms with E-state index >= 15 is 0 Å². The van der Waals surface area contributed by atoms with E-state index in [1.165, 1.54) is 32.1 Å². The summed E-state index contributed by atoms with van der Waals surface area (Å²) in [5.74, 6) is 0.852. The summed E-state index contributed by atoms with van der Waals surface area (Å²) in [6.07, 6.45) is 11.5. The molecule has 106 valence electrons. The van der Waals surface area contributed by atoms with Gasteiger partial charge in [0.25, 0.3) is 0 Å². The molecule has 0 amide bonds. The molecule has 4 nitrogen and oxygen atoms in total. The molecule has 1 aliphatic carbocycles. The van der Waals surface area contributed by atoms with Crippen LogP contribution in [0.4, 0.5) is 0 Å². The molecule has 0 N–H and O–H groups in total. The summed E-state index contributed by atoms with van der Waals surface area (Å²) < 4.78 is 14.0. The third-order valence-corrected chi connectivity index (χ3v) is 4.40. The molecular weight excluding hydrogens is 240 g/mol.